The first-order chi connectivity index (χ1) is 8.24. The van der Waals surface area contributed by atoms with E-state index in [-0.39, 0.29) is 18.5 Å². The van der Waals surface area contributed by atoms with Crippen molar-refractivity contribution in [3.63, 3.8) is 0 Å². The molecule has 1 aromatic rings. The van der Waals surface area contributed by atoms with E-state index in [1.54, 1.807) is 11.8 Å². The van der Waals surface area contributed by atoms with Crippen molar-refractivity contribution in [3.05, 3.63) is 17.5 Å². The normalized spacial score (nSPS) is 15.8. The zero-order valence-electron chi connectivity index (χ0n) is 9.85. The van der Waals surface area contributed by atoms with Gasteiger partial charge in [-0.3, -0.25) is 4.79 Å². The molecule has 1 amide bonds. The Kier molecular flexibility index (Phi) is 3.43. The topological polar surface area (TPSA) is 70.1 Å². The van der Waals surface area contributed by atoms with Gasteiger partial charge < -0.3 is 9.42 Å². The predicted molar refractivity (Wildman–Crippen MR) is 60.1 cm³/mol. The maximum absolute atomic E-state index is 12.3. The number of nitrogens with zero attached hydrogens (tertiary/aromatic N) is 3. The zero-order chi connectivity index (χ0) is 12.3. The van der Waals surface area contributed by atoms with Gasteiger partial charge in [-0.1, -0.05) is 18.0 Å². The highest BCUT2D eigenvalue weighted by Crippen LogP contribution is 2.25. The summed E-state index contributed by atoms with van der Waals surface area (Å²) in [6.07, 6.45) is 5.65. The van der Waals surface area contributed by atoms with Crippen molar-refractivity contribution in [1.82, 2.24) is 10.1 Å². The molecule has 0 aliphatic heterocycles. The van der Waals surface area contributed by atoms with Crippen molar-refractivity contribution >= 4 is 5.91 Å². The van der Waals surface area contributed by atoms with Crippen LogP contribution in [0.4, 0.5) is 0 Å². The summed E-state index contributed by atoms with van der Waals surface area (Å²) < 4.78 is 4.90. The summed E-state index contributed by atoms with van der Waals surface area (Å²) in [7, 11) is 0. The van der Waals surface area contributed by atoms with Gasteiger partial charge in [-0.25, -0.2) is 0 Å². The Morgan fingerprint density at radius 2 is 2.35 bits per heavy atom. The van der Waals surface area contributed by atoms with Gasteiger partial charge >= 0.3 is 0 Å². The van der Waals surface area contributed by atoms with Crippen LogP contribution in [0.3, 0.4) is 0 Å². The van der Waals surface area contributed by atoms with Crippen LogP contribution in [0.25, 0.3) is 0 Å². The molecule has 1 aliphatic rings. The number of nitriles is 1. The van der Waals surface area contributed by atoms with Crippen molar-refractivity contribution < 1.29 is 9.32 Å². The lowest BCUT2D eigenvalue weighted by atomic mass is 10.1. The SMILES string of the molecule is Cc1oncc1C(=O)N(CC#N)C1CCCC1. The monoisotopic (exact) mass is 233 g/mol. The van der Waals surface area contributed by atoms with Crippen LogP contribution in [0.15, 0.2) is 10.7 Å². The molecule has 5 heteroatoms. The minimum atomic E-state index is -0.141. The van der Waals surface area contributed by atoms with Crippen LogP contribution in [0, 0.1) is 18.3 Å². The van der Waals surface area contributed by atoms with E-state index in [4.69, 9.17) is 9.78 Å². The summed E-state index contributed by atoms with van der Waals surface area (Å²) in [5.41, 5.74) is 0.465. The average molecular weight is 233 g/mol. The number of aromatic nitrogens is 1. The molecule has 0 N–H and O–H groups in total. The fraction of sp³-hybridized carbons (Fsp3) is 0.583. The summed E-state index contributed by atoms with van der Waals surface area (Å²) >= 11 is 0. The molecular weight excluding hydrogens is 218 g/mol. The molecule has 17 heavy (non-hydrogen) atoms. The Hall–Kier alpha value is -1.83. The van der Waals surface area contributed by atoms with E-state index in [0.717, 1.165) is 25.7 Å². The smallest absolute Gasteiger partial charge is 0.260 e. The minimum Gasteiger partial charge on any atom is -0.361 e. The molecule has 1 fully saturated rings. The molecule has 5 nitrogen and oxygen atoms in total. The van der Waals surface area contributed by atoms with E-state index < -0.39 is 0 Å². The highest BCUT2D eigenvalue weighted by atomic mass is 16.5. The van der Waals surface area contributed by atoms with Crippen LogP contribution in [-0.2, 0) is 0 Å². The van der Waals surface area contributed by atoms with E-state index in [0.29, 0.717) is 11.3 Å². The summed E-state index contributed by atoms with van der Waals surface area (Å²) in [6, 6.07) is 2.25. The highest BCUT2D eigenvalue weighted by Gasteiger charge is 2.29. The first kappa shape index (κ1) is 11.6. The number of hydrogen-bond donors (Lipinski definition) is 0. The first-order valence-electron chi connectivity index (χ1n) is 5.83. The van der Waals surface area contributed by atoms with Gasteiger partial charge in [0.1, 0.15) is 17.9 Å². The van der Waals surface area contributed by atoms with Crippen molar-refractivity contribution in [2.24, 2.45) is 0 Å². The van der Waals surface area contributed by atoms with Gasteiger partial charge in [-0.15, -0.1) is 0 Å². The summed E-state index contributed by atoms with van der Waals surface area (Å²) in [5.74, 6) is 0.369. The third-order valence-electron chi connectivity index (χ3n) is 3.25. The van der Waals surface area contributed by atoms with Crippen LogP contribution in [0.5, 0.6) is 0 Å². The van der Waals surface area contributed by atoms with Gasteiger partial charge in [-0.05, 0) is 19.8 Å². The quantitative estimate of drug-likeness (QED) is 0.747. The molecule has 1 saturated carbocycles. The summed E-state index contributed by atoms with van der Waals surface area (Å²) in [4.78, 5) is 13.9. The third-order valence-corrected chi connectivity index (χ3v) is 3.25. The molecule has 0 saturated heterocycles. The number of hydrogen-bond acceptors (Lipinski definition) is 4. The number of carbonyl (C=O) groups is 1. The second-order valence-electron chi connectivity index (χ2n) is 4.33. The molecule has 0 aromatic carbocycles. The maximum Gasteiger partial charge on any atom is 0.260 e. The largest absolute Gasteiger partial charge is 0.361 e. The molecule has 1 heterocycles. The van der Waals surface area contributed by atoms with Crippen molar-refractivity contribution in [1.29, 1.82) is 5.26 Å². The number of rotatable bonds is 3. The molecule has 0 spiro atoms. The number of amides is 1. The second-order valence-corrected chi connectivity index (χ2v) is 4.33. The van der Waals surface area contributed by atoms with E-state index in [2.05, 4.69) is 11.2 Å². The molecule has 90 valence electrons. The number of aryl methyl sites for hydroxylation is 1. The molecule has 1 aliphatic carbocycles. The standard InChI is InChI=1S/C12H15N3O2/c1-9-11(8-14-17-9)12(16)15(7-6-13)10-4-2-3-5-10/h8,10H,2-5,7H2,1H3. The summed E-state index contributed by atoms with van der Waals surface area (Å²) in [5, 5.41) is 12.4. The maximum atomic E-state index is 12.3. The van der Waals surface area contributed by atoms with Gasteiger partial charge in [0, 0.05) is 6.04 Å². The summed E-state index contributed by atoms with van der Waals surface area (Å²) in [6.45, 7) is 1.84. The van der Waals surface area contributed by atoms with Gasteiger partial charge in [0.25, 0.3) is 5.91 Å². The van der Waals surface area contributed by atoms with Crippen molar-refractivity contribution in [2.75, 3.05) is 6.54 Å². The molecule has 2 rings (SSSR count). The first-order valence-corrected chi connectivity index (χ1v) is 5.83. The van der Waals surface area contributed by atoms with Crippen LogP contribution >= 0.6 is 0 Å². The van der Waals surface area contributed by atoms with E-state index in [1.165, 1.54) is 6.20 Å². The van der Waals surface area contributed by atoms with Crippen LogP contribution in [-0.4, -0.2) is 28.6 Å². The van der Waals surface area contributed by atoms with Gasteiger partial charge in [0.2, 0.25) is 0 Å². The van der Waals surface area contributed by atoms with Gasteiger partial charge in [-0.2, -0.15) is 5.26 Å². The van der Waals surface area contributed by atoms with Gasteiger partial charge in [0.15, 0.2) is 0 Å². The molecule has 0 bridgehead atoms. The van der Waals surface area contributed by atoms with E-state index in [1.807, 2.05) is 0 Å². The fourth-order valence-electron chi connectivity index (χ4n) is 2.32. The van der Waals surface area contributed by atoms with Gasteiger partial charge in [0.05, 0.1) is 12.3 Å². The molecule has 0 unspecified atom stereocenters. The van der Waals surface area contributed by atoms with Crippen LogP contribution < -0.4 is 0 Å². The molecule has 1 aromatic heterocycles. The lowest BCUT2D eigenvalue weighted by Gasteiger charge is -2.25. The van der Waals surface area contributed by atoms with Crippen molar-refractivity contribution in [3.8, 4) is 6.07 Å². The van der Waals surface area contributed by atoms with Crippen LogP contribution in [0.1, 0.15) is 41.8 Å². The average Bonchev–Trinajstić information content (AvgIpc) is 2.95. The molecule has 0 radical (unpaired) electrons. The highest BCUT2D eigenvalue weighted by molar-refractivity contribution is 5.95. The Morgan fingerprint density at radius 3 is 2.88 bits per heavy atom. The lowest BCUT2D eigenvalue weighted by Crippen LogP contribution is -2.39. The van der Waals surface area contributed by atoms with E-state index in [9.17, 15) is 4.79 Å². The van der Waals surface area contributed by atoms with Crippen LogP contribution in [0.2, 0.25) is 0 Å². The molecular formula is C12H15N3O2. The zero-order valence-corrected chi connectivity index (χ0v) is 9.85. The number of carbonyl (C=O) groups excluding carboxylic acids is 1. The fourth-order valence-corrected chi connectivity index (χ4v) is 2.32. The Bertz CT molecular complexity index is 441. The lowest BCUT2D eigenvalue weighted by molar-refractivity contribution is 0.0707. The Balaban J connectivity index is 2.19. The predicted octanol–water partition coefficient (Wildman–Crippen LogP) is 1.89. The minimum absolute atomic E-state index is 0.133. The Labute approximate surface area is 100.0 Å². The molecule has 0 atom stereocenters. The third kappa shape index (κ3) is 2.31. The van der Waals surface area contributed by atoms with E-state index >= 15 is 0 Å². The second kappa shape index (κ2) is 5.00. The Morgan fingerprint density at radius 1 is 1.65 bits per heavy atom. The van der Waals surface area contributed by atoms with Crippen molar-refractivity contribution in [2.45, 2.75) is 38.6 Å².